The molecule has 0 saturated heterocycles. The smallest absolute Gasteiger partial charge is 0.150 e. The summed E-state index contributed by atoms with van der Waals surface area (Å²) in [7, 11) is 0. The molecule has 0 aliphatic heterocycles. The van der Waals surface area contributed by atoms with Gasteiger partial charge in [0.2, 0.25) is 0 Å². The van der Waals surface area contributed by atoms with Crippen LogP contribution in [0.2, 0.25) is 0 Å². The summed E-state index contributed by atoms with van der Waals surface area (Å²) < 4.78 is 18.7. The Hall–Kier alpha value is -2.67. The van der Waals surface area contributed by atoms with E-state index in [0.29, 0.717) is 17.1 Å². The van der Waals surface area contributed by atoms with E-state index in [1.165, 1.54) is 12.1 Å². The first-order chi connectivity index (χ1) is 8.72. The largest absolute Gasteiger partial charge is 0.457 e. The molecule has 0 fully saturated rings. The van der Waals surface area contributed by atoms with Crippen molar-refractivity contribution in [2.45, 2.75) is 0 Å². The Morgan fingerprint density at radius 1 is 1.11 bits per heavy atom. The van der Waals surface area contributed by atoms with Crippen LogP contribution >= 0.6 is 0 Å². The number of hydrogen-bond donors (Lipinski definition) is 0. The van der Waals surface area contributed by atoms with Gasteiger partial charge in [0.15, 0.2) is 0 Å². The highest BCUT2D eigenvalue weighted by Gasteiger charge is 2.04. The predicted octanol–water partition coefficient (Wildman–Crippen LogP) is 3.30. The molecule has 3 nitrogen and oxygen atoms in total. The monoisotopic (exact) mass is 241 g/mol. The van der Waals surface area contributed by atoms with Gasteiger partial charge in [-0.05, 0) is 36.4 Å². The van der Waals surface area contributed by atoms with E-state index in [-0.39, 0.29) is 5.56 Å². The third-order valence-corrected chi connectivity index (χ3v) is 2.31. The van der Waals surface area contributed by atoms with Crippen LogP contribution in [0, 0.1) is 17.1 Å². The summed E-state index contributed by atoms with van der Waals surface area (Å²) in [6.45, 7) is 0. The van der Waals surface area contributed by atoms with E-state index in [2.05, 4.69) is 0 Å². The number of rotatable bonds is 3. The number of ether oxygens (including phenoxy) is 1. The Balaban J connectivity index is 2.20. The molecule has 0 amide bonds. The van der Waals surface area contributed by atoms with Crippen LogP contribution in [0.1, 0.15) is 15.9 Å². The van der Waals surface area contributed by atoms with E-state index in [1.54, 1.807) is 30.3 Å². The van der Waals surface area contributed by atoms with E-state index in [0.717, 1.165) is 12.4 Å². The Labute approximate surface area is 103 Å². The lowest BCUT2D eigenvalue weighted by atomic mass is 10.2. The molecule has 0 unspecified atom stereocenters. The molecule has 0 N–H and O–H groups in total. The maximum Gasteiger partial charge on any atom is 0.150 e. The minimum atomic E-state index is -0.625. The third-order valence-electron chi connectivity index (χ3n) is 2.31. The minimum absolute atomic E-state index is 0.0290. The maximum absolute atomic E-state index is 13.3. The molecule has 88 valence electrons. The van der Waals surface area contributed by atoms with Gasteiger partial charge in [0, 0.05) is 11.6 Å². The highest BCUT2D eigenvalue weighted by molar-refractivity contribution is 5.74. The van der Waals surface area contributed by atoms with E-state index in [9.17, 15) is 9.18 Å². The van der Waals surface area contributed by atoms with Crippen LogP contribution in [-0.2, 0) is 0 Å². The normalized spacial score (nSPS) is 9.56. The van der Waals surface area contributed by atoms with Gasteiger partial charge in [-0.2, -0.15) is 5.26 Å². The molecule has 0 aliphatic carbocycles. The Kier molecular flexibility index (Phi) is 3.35. The maximum atomic E-state index is 13.3. The summed E-state index contributed by atoms with van der Waals surface area (Å²) in [4.78, 5) is 10.5. The summed E-state index contributed by atoms with van der Waals surface area (Å²) in [5.74, 6) is 0.162. The van der Waals surface area contributed by atoms with Crippen molar-refractivity contribution in [3.8, 4) is 17.6 Å². The fourth-order valence-electron chi connectivity index (χ4n) is 1.40. The number of aldehydes is 1. The quantitative estimate of drug-likeness (QED) is 0.774. The highest BCUT2D eigenvalue weighted by Crippen LogP contribution is 2.23. The third kappa shape index (κ3) is 2.53. The lowest BCUT2D eigenvalue weighted by Crippen LogP contribution is -1.88. The average Bonchev–Trinajstić information content (AvgIpc) is 2.40. The second-order valence-electron chi connectivity index (χ2n) is 3.54. The molecule has 0 aromatic heterocycles. The fourth-order valence-corrected chi connectivity index (χ4v) is 1.40. The van der Waals surface area contributed by atoms with Crippen molar-refractivity contribution in [3.05, 3.63) is 59.4 Å². The lowest BCUT2D eigenvalue weighted by Gasteiger charge is -2.06. The van der Waals surface area contributed by atoms with Gasteiger partial charge in [-0.1, -0.05) is 0 Å². The highest BCUT2D eigenvalue weighted by atomic mass is 19.1. The summed E-state index contributed by atoms with van der Waals surface area (Å²) in [6.07, 6.45) is 0.727. The number of carbonyl (C=O) groups excluding carboxylic acids is 1. The van der Waals surface area contributed by atoms with Gasteiger partial charge < -0.3 is 4.74 Å². The number of halogens is 1. The molecule has 4 heteroatoms. The van der Waals surface area contributed by atoms with Crippen LogP contribution in [0.25, 0.3) is 0 Å². The molecule has 2 aromatic rings. The van der Waals surface area contributed by atoms with Crippen LogP contribution in [0.3, 0.4) is 0 Å². The van der Waals surface area contributed by atoms with E-state index < -0.39 is 5.82 Å². The van der Waals surface area contributed by atoms with Crippen molar-refractivity contribution in [1.82, 2.24) is 0 Å². The van der Waals surface area contributed by atoms with Crippen molar-refractivity contribution >= 4 is 6.29 Å². The first-order valence-corrected chi connectivity index (χ1v) is 5.15. The number of hydrogen-bond acceptors (Lipinski definition) is 3. The van der Waals surface area contributed by atoms with Gasteiger partial charge in [0.25, 0.3) is 0 Å². The minimum Gasteiger partial charge on any atom is -0.457 e. The number of nitriles is 1. The Bertz CT molecular complexity index is 615. The molecule has 2 aromatic carbocycles. The van der Waals surface area contributed by atoms with E-state index in [1.807, 2.05) is 0 Å². The van der Waals surface area contributed by atoms with Gasteiger partial charge in [0.05, 0.1) is 5.56 Å². The van der Waals surface area contributed by atoms with Crippen LogP contribution < -0.4 is 4.74 Å². The zero-order valence-electron chi connectivity index (χ0n) is 9.26. The number of benzene rings is 2. The number of carbonyl (C=O) groups is 1. The van der Waals surface area contributed by atoms with Gasteiger partial charge >= 0.3 is 0 Å². The molecule has 0 saturated carbocycles. The first-order valence-electron chi connectivity index (χ1n) is 5.15. The second kappa shape index (κ2) is 5.11. The molecule has 0 bridgehead atoms. The summed E-state index contributed by atoms with van der Waals surface area (Å²) >= 11 is 0. The molecular weight excluding hydrogens is 233 g/mol. The summed E-state index contributed by atoms with van der Waals surface area (Å²) in [5, 5.41) is 8.59. The van der Waals surface area contributed by atoms with Gasteiger partial charge in [-0.3, -0.25) is 4.79 Å². The molecule has 0 heterocycles. The van der Waals surface area contributed by atoms with Crippen molar-refractivity contribution in [2.75, 3.05) is 0 Å². The zero-order valence-corrected chi connectivity index (χ0v) is 9.26. The van der Waals surface area contributed by atoms with Crippen LogP contribution in [-0.4, -0.2) is 6.29 Å². The van der Waals surface area contributed by atoms with Crippen molar-refractivity contribution in [2.24, 2.45) is 0 Å². The molecule has 0 atom stereocenters. The van der Waals surface area contributed by atoms with Gasteiger partial charge in [0.1, 0.15) is 29.7 Å². The van der Waals surface area contributed by atoms with Gasteiger partial charge in [-0.15, -0.1) is 0 Å². The SMILES string of the molecule is N#Cc1ccc(Oc2ccc(C=O)cc2)cc1F. The predicted molar refractivity (Wildman–Crippen MR) is 63.0 cm³/mol. The van der Waals surface area contributed by atoms with Crippen molar-refractivity contribution < 1.29 is 13.9 Å². The van der Waals surface area contributed by atoms with Crippen LogP contribution in [0.15, 0.2) is 42.5 Å². The molecular formula is C14H8FNO2. The summed E-state index contributed by atoms with van der Waals surface area (Å²) in [6, 6.07) is 12.2. The van der Waals surface area contributed by atoms with Crippen LogP contribution in [0.4, 0.5) is 4.39 Å². The first kappa shape index (κ1) is 11.8. The van der Waals surface area contributed by atoms with E-state index in [4.69, 9.17) is 10.00 Å². The molecule has 2 rings (SSSR count). The van der Waals surface area contributed by atoms with Crippen molar-refractivity contribution in [1.29, 1.82) is 5.26 Å². The topological polar surface area (TPSA) is 50.1 Å². The van der Waals surface area contributed by atoms with Crippen molar-refractivity contribution in [3.63, 3.8) is 0 Å². The number of nitrogens with zero attached hydrogens (tertiary/aromatic N) is 1. The zero-order chi connectivity index (χ0) is 13.0. The Morgan fingerprint density at radius 3 is 2.33 bits per heavy atom. The Morgan fingerprint density at radius 2 is 1.78 bits per heavy atom. The van der Waals surface area contributed by atoms with E-state index >= 15 is 0 Å². The molecule has 0 spiro atoms. The van der Waals surface area contributed by atoms with Gasteiger partial charge in [-0.25, -0.2) is 4.39 Å². The average molecular weight is 241 g/mol. The molecule has 0 radical (unpaired) electrons. The fraction of sp³-hybridized carbons (Fsp3) is 0. The second-order valence-corrected chi connectivity index (χ2v) is 3.54. The van der Waals surface area contributed by atoms with Crippen LogP contribution in [0.5, 0.6) is 11.5 Å². The molecule has 0 aliphatic rings. The standard InChI is InChI=1S/C14H8FNO2/c15-14-7-13(6-3-11(14)8-16)18-12-4-1-10(9-17)2-5-12/h1-7,9H. The molecule has 18 heavy (non-hydrogen) atoms. The lowest BCUT2D eigenvalue weighted by molar-refractivity contribution is 0.112. The summed E-state index contributed by atoms with van der Waals surface area (Å²) in [5.41, 5.74) is 0.506.